The number of pyridine rings is 1. The van der Waals surface area contributed by atoms with Crippen LogP contribution < -0.4 is 5.32 Å². The number of nitrogens with one attached hydrogen (secondary N) is 1. The van der Waals surface area contributed by atoms with Gasteiger partial charge in [-0.2, -0.15) is 0 Å². The number of hydrogen-bond acceptors (Lipinski definition) is 9. The zero-order valence-corrected chi connectivity index (χ0v) is 23.9. The van der Waals surface area contributed by atoms with Crippen LogP contribution in [-0.4, -0.2) is 91.2 Å². The molecule has 1 saturated heterocycles. The lowest BCUT2D eigenvalue weighted by Gasteiger charge is -2.30. The van der Waals surface area contributed by atoms with Crippen LogP contribution in [0.3, 0.4) is 0 Å². The predicted octanol–water partition coefficient (Wildman–Crippen LogP) is 3.27. The van der Waals surface area contributed by atoms with Gasteiger partial charge < -0.3 is 24.3 Å². The van der Waals surface area contributed by atoms with Crippen LogP contribution >= 0.6 is 0 Å². The molecule has 3 atom stereocenters. The van der Waals surface area contributed by atoms with Crippen LogP contribution in [0.1, 0.15) is 24.7 Å². The molecule has 42 heavy (non-hydrogen) atoms. The Morgan fingerprint density at radius 2 is 1.86 bits per heavy atom. The largest absolute Gasteiger partial charge is 0.445 e. The Morgan fingerprint density at radius 1 is 1.05 bits per heavy atom. The van der Waals surface area contributed by atoms with Crippen LogP contribution in [0.15, 0.2) is 54.9 Å². The molecule has 12 heteroatoms. The summed E-state index contributed by atoms with van der Waals surface area (Å²) in [5.74, 6) is 1.01. The molecule has 2 amide bonds. The Kier molecular flexibility index (Phi) is 7.70. The number of fused-ring (bicyclic) bond motifs is 5. The Labute approximate surface area is 243 Å². The molecule has 1 fully saturated rings. The maximum atomic E-state index is 13.9. The van der Waals surface area contributed by atoms with Crippen LogP contribution in [0, 0.1) is 6.92 Å². The minimum Gasteiger partial charge on any atom is -0.445 e. The molecule has 0 aliphatic carbocycles. The van der Waals surface area contributed by atoms with Gasteiger partial charge in [0.2, 0.25) is 11.9 Å². The van der Waals surface area contributed by atoms with E-state index in [0.717, 1.165) is 22.4 Å². The minimum absolute atomic E-state index is 0.119. The van der Waals surface area contributed by atoms with Gasteiger partial charge in [-0.1, -0.05) is 30.3 Å². The SMILES string of the molecule is CCO[C@H]1CN(C)C(=O)[C@@H]2C[C@@H](CN2C(=O)OCc2ccccc2)Nc2nccc(n2)-c2nccc3nc(C)n(c23)C1. The number of aryl methyl sites for hydroxylation is 1. The number of nitrogens with zero attached hydrogens (tertiary/aromatic N) is 7. The third kappa shape index (κ3) is 5.49. The summed E-state index contributed by atoms with van der Waals surface area (Å²) >= 11 is 0. The number of carbonyl (C=O) groups excluding carboxylic acids is 2. The molecule has 2 aliphatic heterocycles. The number of rotatable bonds is 4. The molecule has 12 nitrogen and oxygen atoms in total. The monoisotopic (exact) mass is 570 g/mol. The van der Waals surface area contributed by atoms with Crippen LogP contribution in [0.25, 0.3) is 22.4 Å². The van der Waals surface area contributed by atoms with Crippen LogP contribution in [0.5, 0.6) is 0 Å². The number of ether oxygens (including phenoxy) is 2. The second kappa shape index (κ2) is 11.7. The number of carbonyl (C=O) groups is 2. The van der Waals surface area contributed by atoms with Crippen molar-refractivity contribution in [3.63, 3.8) is 0 Å². The highest BCUT2D eigenvalue weighted by atomic mass is 16.6. The van der Waals surface area contributed by atoms with E-state index in [1.54, 1.807) is 24.3 Å². The van der Waals surface area contributed by atoms with Crippen molar-refractivity contribution in [2.24, 2.45) is 0 Å². The predicted molar refractivity (Wildman–Crippen MR) is 155 cm³/mol. The van der Waals surface area contributed by atoms with Gasteiger partial charge in [-0.15, -0.1) is 0 Å². The second-order valence-electron chi connectivity index (χ2n) is 10.6. The van der Waals surface area contributed by atoms with Crippen LogP contribution in [0.2, 0.25) is 0 Å². The van der Waals surface area contributed by atoms with Gasteiger partial charge in [0, 0.05) is 45.2 Å². The summed E-state index contributed by atoms with van der Waals surface area (Å²) in [6.07, 6.45) is 2.92. The number of amides is 2. The van der Waals surface area contributed by atoms with E-state index in [9.17, 15) is 9.59 Å². The fraction of sp³-hybridized carbons (Fsp3) is 0.400. The zero-order valence-electron chi connectivity index (χ0n) is 23.9. The molecule has 5 heterocycles. The van der Waals surface area contributed by atoms with Gasteiger partial charge in [-0.05, 0) is 38.0 Å². The molecule has 4 aromatic rings. The topological polar surface area (TPSA) is 128 Å². The van der Waals surface area contributed by atoms with E-state index in [1.807, 2.05) is 56.3 Å². The van der Waals surface area contributed by atoms with Gasteiger partial charge in [0.25, 0.3) is 0 Å². The highest BCUT2D eigenvalue weighted by Crippen LogP contribution is 2.29. The van der Waals surface area contributed by atoms with E-state index in [0.29, 0.717) is 43.5 Å². The maximum absolute atomic E-state index is 13.9. The molecule has 218 valence electrons. The van der Waals surface area contributed by atoms with Gasteiger partial charge in [-0.25, -0.2) is 19.7 Å². The summed E-state index contributed by atoms with van der Waals surface area (Å²) < 4.78 is 13.9. The molecule has 0 radical (unpaired) electrons. The lowest BCUT2D eigenvalue weighted by Crippen LogP contribution is -2.49. The average molecular weight is 571 g/mol. The van der Waals surface area contributed by atoms with E-state index < -0.39 is 12.1 Å². The van der Waals surface area contributed by atoms with Gasteiger partial charge in [0.1, 0.15) is 24.2 Å². The number of aromatic nitrogens is 5. The maximum Gasteiger partial charge on any atom is 0.410 e. The van der Waals surface area contributed by atoms with Gasteiger partial charge in [0.05, 0.1) is 29.4 Å². The van der Waals surface area contributed by atoms with E-state index in [2.05, 4.69) is 19.9 Å². The quantitative estimate of drug-likeness (QED) is 0.393. The molecule has 0 saturated carbocycles. The molecule has 2 aliphatic rings. The smallest absolute Gasteiger partial charge is 0.410 e. The molecular weight excluding hydrogens is 536 g/mol. The van der Waals surface area contributed by atoms with Gasteiger partial charge >= 0.3 is 6.09 Å². The second-order valence-corrected chi connectivity index (χ2v) is 10.6. The number of benzene rings is 1. The highest BCUT2D eigenvalue weighted by molar-refractivity contribution is 5.89. The summed E-state index contributed by atoms with van der Waals surface area (Å²) in [7, 11) is 1.75. The summed E-state index contributed by atoms with van der Waals surface area (Å²) in [5.41, 5.74) is 3.85. The van der Waals surface area contributed by atoms with Crippen molar-refractivity contribution in [2.45, 2.75) is 51.6 Å². The molecule has 3 aromatic heterocycles. The van der Waals surface area contributed by atoms with Crippen molar-refractivity contribution in [1.82, 2.24) is 34.3 Å². The standard InChI is InChI=1S/C30H34N8O4/c1-4-41-22-16-36(3)28(39)25-14-21(15-38(25)30(40)42-18-20-8-6-5-7-9-20)34-29-32-13-10-23(35-29)26-27-24(11-12-31-26)33-19(2)37(27)17-22/h5-13,21-22,25H,4,14-18H2,1-3H3,(H,32,34,35)/t21-,22-,25-/m0/s1. The number of imidazole rings is 1. The Bertz CT molecular complexity index is 1590. The molecule has 1 N–H and O–H groups in total. The minimum atomic E-state index is -0.716. The average Bonchev–Trinajstić information content (AvgIpc) is 3.56. The van der Waals surface area contributed by atoms with E-state index >= 15 is 0 Å². The number of likely N-dealkylation sites (tertiary alicyclic amines) is 1. The van der Waals surface area contributed by atoms with Crippen molar-refractivity contribution in [3.8, 4) is 11.4 Å². The summed E-state index contributed by atoms with van der Waals surface area (Å²) in [4.78, 5) is 49.0. The molecule has 1 aromatic carbocycles. The van der Waals surface area contributed by atoms with Crippen LogP contribution in [0.4, 0.5) is 10.7 Å². The van der Waals surface area contributed by atoms with Gasteiger partial charge in [0.15, 0.2) is 0 Å². The van der Waals surface area contributed by atoms with Crippen molar-refractivity contribution in [1.29, 1.82) is 0 Å². The molecule has 0 spiro atoms. The van der Waals surface area contributed by atoms with Crippen molar-refractivity contribution in [3.05, 3.63) is 66.2 Å². The highest BCUT2D eigenvalue weighted by Gasteiger charge is 2.42. The summed E-state index contributed by atoms with van der Waals surface area (Å²) in [6, 6.07) is 12.2. The number of likely N-dealkylation sites (N-methyl/N-ethyl adjacent to an activating group) is 1. The van der Waals surface area contributed by atoms with Crippen molar-refractivity contribution in [2.75, 3.05) is 32.1 Å². The third-order valence-corrected chi connectivity index (χ3v) is 7.75. The first-order valence-corrected chi connectivity index (χ1v) is 14.2. The molecule has 6 rings (SSSR count). The molecule has 4 bridgehead atoms. The van der Waals surface area contributed by atoms with Crippen molar-refractivity contribution >= 4 is 29.0 Å². The van der Waals surface area contributed by atoms with Crippen molar-refractivity contribution < 1.29 is 19.1 Å². The molecular formula is C30H34N8O4. The Morgan fingerprint density at radius 3 is 2.67 bits per heavy atom. The lowest BCUT2D eigenvalue weighted by molar-refractivity contribution is -0.136. The summed E-state index contributed by atoms with van der Waals surface area (Å²) in [6.45, 7) is 5.53. The normalized spacial score (nSPS) is 20.6. The summed E-state index contributed by atoms with van der Waals surface area (Å²) in [5, 5.41) is 3.35. The first kappa shape index (κ1) is 27.6. The van der Waals surface area contributed by atoms with E-state index in [1.165, 1.54) is 4.90 Å². The fourth-order valence-corrected chi connectivity index (χ4v) is 5.78. The van der Waals surface area contributed by atoms with Crippen LogP contribution in [-0.2, 0) is 27.4 Å². The third-order valence-electron chi connectivity index (χ3n) is 7.75. The first-order valence-electron chi connectivity index (χ1n) is 14.2. The Hall–Kier alpha value is -4.58. The first-order chi connectivity index (χ1) is 20.4. The van der Waals surface area contributed by atoms with E-state index in [-0.39, 0.29) is 31.2 Å². The lowest BCUT2D eigenvalue weighted by atomic mass is 10.1. The van der Waals surface area contributed by atoms with E-state index in [4.69, 9.17) is 19.4 Å². The zero-order chi connectivity index (χ0) is 29.2. The van der Waals surface area contributed by atoms with Gasteiger partial charge in [-0.3, -0.25) is 14.7 Å². The number of anilines is 1. The fourth-order valence-electron chi connectivity index (χ4n) is 5.78. The Balaban J connectivity index is 1.36. The number of hydrogen-bond donors (Lipinski definition) is 1. The molecule has 0 unspecified atom stereocenters.